The first-order chi connectivity index (χ1) is 7.96. The number of imidazole rings is 1. The Morgan fingerprint density at radius 2 is 2.06 bits per heavy atom. The fraction of sp³-hybridized carbons (Fsp3) is 0.333. The minimum absolute atomic E-state index is 0.304. The molecule has 0 saturated carbocycles. The molecule has 2 rings (SSSR count). The van der Waals surface area contributed by atoms with Crippen LogP contribution in [0.15, 0.2) is 30.6 Å². The maximum atomic E-state index is 4.26. The van der Waals surface area contributed by atoms with Crippen molar-refractivity contribution in [3.63, 3.8) is 0 Å². The van der Waals surface area contributed by atoms with E-state index in [-0.39, 0.29) is 0 Å². The maximum absolute atomic E-state index is 4.26. The van der Waals surface area contributed by atoms with E-state index in [0.29, 0.717) is 5.41 Å². The summed E-state index contributed by atoms with van der Waals surface area (Å²) in [5.74, 6) is 0.886. The van der Waals surface area contributed by atoms with Gasteiger partial charge in [-0.05, 0) is 29.9 Å². The largest absolute Gasteiger partial charge is 0.345 e. The van der Waals surface area contributed by atoms with E-state index in [0.717, 1.165) is 23.4 Å². The summed E-state index contributed by atoms with van der Waals surface area (Å²) in [5.41, 5.74) is 3.74. The van der Waals surface area contributed by atoms with Crippen LogP contribution in [0.25, 0.3) is 11.4 Å². The molecule has 2 aromatic rings. The molecule has 2 nitrogen and oxygen atoms in total. The summed E-state index contributed by atoms with van der Waals surface area (Å²) in [6.07, 6.45) is 4.66. The number of rotatable bonds is 2. The Hall–Kier alpha value is -1.57. The number of benzene rings is 1. The van der Waals surface area contributed by atoms with Crippen LogP contribution in [0.2, 0.25) is 0 Å². The van der Waals surface area contributed by atoms with Crippen molar-refractivity contribution in [3.8, 4) is 11.4 Å². The van der Waals surface area contributed by atoms with Crippen LogP contribution in [0.4, 0.5) is 0 Å². The van der Waals surface area contributed by atoms with Gasteiger partial charge in [0.1, 0.15) is 5.82 Å². The van der Waals surface area contributed by atoms with Gasteiger partial charge in [0, 0.05) is 18.0 Å². The zero-order chi connectivity index (χ0) is 12.5. The predicted octanol–water partition coefficient (Wildman–Crippen LogP) is 3.85. The zero-order valence-electron chi connectivity index (χ0n) is 10.7. The molecule has 0 aliphatic heterocycles. The van der Waals surface area contributed by atoms with Crippen LogP contribution in [0, 0.1) is 12.3 Å². The van der Waals surface area contributed by atoms with E-state index in [1.165, 1.54) is 5.56 Å². The minimum atomic E-state index is 0.304. The van der Waals surface area contributed by atoms with E-state index in [9.17, 15) is 0 Å². The molecule has 1 aromatic heterocycles. The highest BCUT2D eigenvalue weighted by Gasteiger charge is 2.12. The molecule has 1 heterocycles. The Morgan fingerprint density at radius 3 is 2.59 bits per heavy atom. The van der Waals surface area contributed by atoms with Gasteiger partial charge < -0.3 is 4.98 Å². The number of aromatic nitrogens is 2. The number of H-pyrrole nitrogens is 1. The standard InChI is InChI=1S/C15H19N2/c1-11-9-12(10-15(2,3)4)5-6-13(11)14-16-7-8-17-14/h5-9H,1,10H2,2-4H3,(H,16,17). The fourth-order valence-electron chi connectivity index (χ4n) is 2.01. The van der Waals surface area contributed by atoms with Gasteiger partial charge in [-0.3, -0.25) is 0 Å². The van der Waals surface area contributed by atoms with Crippen LogP contribution >= 0.6 is 0 Å². The van der Waals surface area contributed by atoms with Gasteiger partial charge in [-0.2, -0.15) is 0 Å². The van der Waals surface area contributed by atoms with Gasteiger partial charge in [-0.25, -0.2) is 4.98 Å². The molecular weight excluding hydrogens is 208 g/mol. The van der Waals surface area contributed by atoms with Gasteiger partial charge in [-0.1, -0.05) is 39.0 Å². The lowest BCUT2D eigenvalue weighted by Crippen LogP contribution is -2.09. The van der Waals surface area contributed by atoms with Crippen molar-refractivity contribution < 1.29 is 0 Å². The van der Waals surface area contributed by atoms with Gasteiger partial charge >= 0.3 is 0 Å². The molecule has 0 fully saturated rings. The van der Waals surface area contributed by atoms with Gasteiger partial charge in [0.2, 0.25) is 0 Å². The van der Waals surface area contributed by atoms with E-state index < -0.39 is 0 Å². The number of hydrogen-bond donors (Lipinski definition) is 1. The van der Waals surface area contributed by atoms with Crippen molar-refractivity contribution in [1.82, 2.24) is 9.97 Å². The quantitative estimate of drug-likeness (QED) is 0.829. The number of nitrogens with one attached hydrogen (secondary N) is 1. The van der Waals surface area contributed by atoms with Crippen molar-refractivity contribution in [2.45, 2.75) is 27.2 Å². The average Bonchev–Trinajstić information content (AvgIpc) is 2.68. The summed E-state index contributed by atoms with van der Waals surface area (Å²) in [4.78, 5) is 7.37. The third kappa shape index (κ3) is 2.96. The van der Waals surface area contributed by atoms with Crippen LogP contribution in [-0.4, -0.2) is 9.97 Å². The normalized spacial score (nSPS) is 11.8. The molecule has 0 amide bonds. The Morgan fingerprint density at radius 1 is 1.29 bits per heavy atom. The highest BCUT2D eigenvalue weighted by atomic mass is 14.9. The average molecular weight is 227 g/mol. The zero-order valence-corrected chi connectivity index (χ0v) is 10.7. The second kappa shape index (κ2) is 4.36. The van der Waals surface area contributed by atoms with E-state index >= 15 is 0 Å². The van der Waals surface area contributed by atoms with Crippen LogP contribution in [-0.2, 0) is 6.42 Å². The molecule has 0 atom stereocenters. The van der Waals surface area contributed by atoms with Crippen molar-refractivity contribution in [1.29, 1.82) is 0 Å². The minimum Gasteiger partial charge on any atom is -0.345 e. The Kier molecular flexibility index (Phi) is 3.05. The molecule has 0 bridgehead atoms. The first kappa shape index (κ1) is 11.9. The second-order valence-corrected chi connectivity index (χ2v) is 5.67. The Bertz CT molecular complexity index is 490. The SMILES string of the molecule is [CH2]c1cc(CC(C)(C)C)ccc1-c1ncc[nH]1. The summed E-state index contributed by atoms with van der Waals surface area (Å²) in [5, 5.41) is 0. The molecular formula is C15H19N2. The van der Waals surface area contributed by atoms with Crippen LogP contribution in [0.3, 0.4) is 0 Å². The summed E-state index contributed by atoms with van der Waals surface area (Å²) in [7, 11) is 0. The molecule has 2 heteroatoms. The lowest BCUT2D eigenvalue weighted by Gasteiger charge is -2.18. The second-order valence-electron chi connectivity index (χ2n) is 5.67. The van der Waals surface area contributed by atoms with Gasteiger partial charge in [-0.15, -0.1) is 0 Å². The maximum Gasteiger partial charge on any atom is 0.137 e. The Labute approximate surface area is 103 Å². The summed E-state index contributed by atoms with van der Waals surface area (Å²) in [6.45, 7) is 10.8. The van der Waals surface area contributed by atoms with Crippen molar-refractivity contribution in [2.75, 3.05) is 0 Å². The highest BCUT2D eigenvalue weighted by molar-refractivity contribution is 5.62. The van der Waals surface area contributed by atoms with Gasteiger partial charge in [0.25, 0.3) is 0 Å². The highest BCUT2D eigenvalue weighted by Crippen LogP contribution is 2.25. The smallest absolute Gasteiger partial charge is 0.137 e. The number of aromatic amines is 1. The fourth-order valence-corrected chi connectivity index (χ4v) is 2.01. The summed E-state index contributed by atoms with van der Waals surface area (Å²) in [6, 6.07) is 6.42. The molecule has 0 unspecified atom stereocenters. The van der Waals surface area contributed by atoms with E-state index in [1.54, 1.807) is 6.20 Å². The third-order valence-electron chi connectivity index (χ3n) is 2.66. The first-order valence-electron chi connectivity index (χ1n) is 5.90. The lowest BCUT2D eigenvalue weighted by atomic mass is 9.87. The first-order valence-corrected chi connectivity index (χ1v) is 5.90. The molecule has 17 heavy (non-hydrogen) atoms. The molecule has 89 valence electrons. The Balaban J connectivity index is 2.30. The van der Waals surface area contributed by atoms with Gasteiger partial charge in [0.05, 0.1) is 0 Å². The van der Waals surface area contributed by atoms with Crippen molar-refractivity contribution in [3.05, 3.63) is 48.6 Å². The lowest BCUT2D eigenvalue weighted by molar-refractivity contribution is 0.411. The van der Waals surface area contributed by atoms with Gasteiger partial charge in [0.15, 0.2) is 0 Å². The molecule has 0 spiro atoms. The molecule has 1 aromatic carbocycles. The molecule has 1 N–H and O–H groups in total. The van der Waals surface area contributed by atoms with Crippen LogP contribution in [0.5, 0.6) is 0 Å². The number of hydrogen-bond acceptors (Lipinski definition) is 1. The van der Waals surface area contributed by atoms with E-state index in [2.05, 4.69) is 55.9 Å². The summed E-state index contributed by atoms with van der Waals surface area (Å²) < 4.78 is 0. The summed E-state index contributed by atoms with van der Waals surface area (Å²) >= 11 is 0. The van der Waals surface area contributed by atoms with Crippen molar-refractivity contribution in [2.24, 2.45) is 5.41 Å². The van der Waals surface area contributed by atoms with Crippen molar-refractivity contribution >= 4 is 0 Å². The van der Waals surface area contributed by atoms with E-state index in [1.807, 2.05) is 6.20 Å². The van der Waals surface area contributed by atoms with E-state index in [4.69, 9.17) is 0 Å². The van der Waals surface area contributed by atoms with Crippen LogP contribution in [0.1, 0.15) is 31.9 Å². The number of nitrogens with zero attached hydrogens (tertiary/aromatic N) is 1. The predicted molar refractivity (Wildman–Crippen MR) is 71.6 cm³/mol. The third-order valence-corrected chi connectivity index (χ3v) is 2.66. The molecule has 1 radical (unpaired) electrons. The molecule has 0 aliphatic carbocycles. The topological polar surface area (TPSA) is 28.7 Å². The monoisotopic (exact) mass is 227 g/mol. The molecule has 0 saturated heterocycles. The molecule has 0 aliphatic rings. The van der Waals surface area contributed by atoms with Crippen LogP contribution < -0.4 is 0 Å².